The van der Waals surface area contributed by atoms with Crippen molar-refractivity contribution in [3.63, 3.8) is 0 Å². The average molecular weight is 253 g/mol. The molecule has 6 heteroatoms. The van der Waals surface area contributed by atoms with E-state index in [9.17, 15) is 4.57 Å². The van der Waals surface area contributed by atoms with Crippen molar-refractivity contribution < 1.29 is 19.1 Å². The van der Waals surface area contributed by atoms with Crippen LogP contribution in [0.1, 0.15) is 39.0 Å². The van der Waals surface area contributed by atoms with E-state index in [4.69, 9.17) is 20.3 Å². The van der Waals surface area contributed by atoms with Crippen molar-refractivity contribution in [2.75, 3.05) is 19.4 Å². The van der Waals surface area contributed by atoms with Crippen molar-refractivity contribution in [2.24, 2.45) is 5.73 Å². The predicted octanol–water partition coefficient (Wildman–Crippen LogP) is 1.48. The maximum atomic E-state index is 10.1. The van der Waals surface area contributed by atoms with E-state index in [1.807, 2.05) is 0 Å². The number of nitrogens with two attached hydrogens (primary N) is 1. The first-order valence-electron chi connectivity index (χ1n) is 5.83. The van der Waals surface area contributed by atoms with Crippen molar-refractivity contribution in [1.29, 1.82) is 0 Å². The third-order valence-electron chi connectivity index (χ3n) is 2.38. The molecule has 98 valence electrons. The number of ether oxygens (including phenoxy) is 1. The molecule has 5 nitrogen and oxygen atoms in total. The minimum atomic E-state index is -3.82. The fourth-order valence-electron chi connectivity index (χ4n) is 1.46. The molecular weight excluding hydrogens is 229 g/mol. The Morgan fingerprint density at radius 1 is 1.31 bits per heavy atom. The highest BCUT2D eigenvalue weighted by Gasteiger charge is 2.10. The lowest BCUT2D eigenvalue weighted by Crippen LogP contribution is -2.22. The van der Waals surface area contributed by atoms with E-state index in [0.717, 1.165) is 0 Å². The Labute approximate surface area is 97.5 Å². The zero-order valence-electron chi connectivity index (χ0n) is 9.97. The molecule has 0 aliphatic heterocycles. The molecule has 0 saturated heterocycles. The summed E-state index contributed by atoms with van der Waals surface area (Å²) in [6, 6.07) is 0.536. The molecule has 0 atom stereocenters. The molecule has 1 aliphatic carbocycles. The first-order chi connectivity index (χ1) is 7.45. The van der Waals surface area contributed by atoms with Crippen molar-refractivity contribution in [3.8, 4) is 0 Å². The summed E-state index contributed by atoms with van der Waals surface area (Å²) in [5.74, 6) is 0. The van der Waals surface area contributed by atoms with Crippen LogP contribution in [0.3, 0.4) is 0 Å². The molecule has 0 aromatic rings. The monoisotopic (exact) mass is 253 g/mol. The minimum absolute atomic E-state index is 0.140. The predicted molar refractivity (Wildman–Crippen MR) is 64.5 cm³/mol. The summed E-state index contributed by atoms with van der Waals surface area (Å²) in [5, 5.41) is 0. The molecule has 1 rings (SSSR count). The summed E-state index contributed by atoms with van der Waals surface area (Å²) in [6.45, 7) is 2.42. The van der Waals surface area contributed by atoms with Gasteiger partial charge in [0.1, 0.15) is 0 Å². The Bertz CT molecular complexity index is 201. The van der Waals surface area contributed by atoms with Gasteiger partial charge in [-0.3, -0.25) is 4.57 Å². The van der Waals surface area contributed by atoms with Crippen molar-refractivity contribution in [2.45, 2.75) is 45.1 Å². The smallest absolute Gasteiger partial charge is 0.327 e. The highest BCUT2D eigenvalue weighted by atomic mass is 31.2. The molecule has 0 heterocycles. The first-order valence-corrected chi connectivity index (χ1v) is 7.63. The lowest BCUT2D eigenvalue weighted by molar-refractivity contribution is 0.159. The van der Waals surface area contributed by atoms with Crippen LogP contribution in [0.5, 0.6) is 0 Å². The van der Waals surface area contributed by atoms with Crippen LogP contribution in [0.4, 0.5) is 0 Å². The zero-order chi connectivity index (χ0) is 12.4. The van der Waals surface area contributed by atoms with Gasteiger partial charge >= 0.3 is 7.60 Å². The molecule has 0 aromatic carbocycles. The van der Waals surface area contributed by atoms with Gasteiger partial charge in [0.05, 0.1) is 12.8 Å². The first kappa shape index (κ1) is 16.1. The highest BCUT2D eigenvalue weighted by Crippen LogP contribution is 2.33. The number of rotatable bonds is 4. The summed E-state index contributed by atoms with van der Waals surface area (Å²) >= 11 is 0. The third kappa shape index (κ3) is 12.1. The summed E-state index contributed by atoms with van der Waals surface area (Å²) in [7, 11) is -3.82. The fourth-order valence-corrected chi connectivity index (χ4v) is 1.83. The van der Waals surface area contributed by atoms with Gasteiger partial charge in [-0.1, -0.05) is 19.3 Å². The fraction of sp³-hybridized carbons (Fsp3) is 1.00. The van der Waals surface area contributed by atoms with Gasteiger partial charge in [0, 0.05) is 12.6 Å². The van der Waals surface area contributed by atoms with Crippen molar-refractivity contribution >= 4 is 7.60 Å². The van der Waals surface area contributed by atoms with E-state index in [1.54, 1.807) is 6.92 Å². The van der Waals surface area contributed by atoms with Gasteiger partial charge in [-0.25, -0.2) is 0 Å². The van der Waals surface area contributed by atoms with Crippen LogP contribution in [0.15, 0.2) is 0 Å². The van der Waals surface area contributed by atoms with Gasteiger partial charge in [0.25, 0.3) is 0 Å². The highest BCUT2D eigenvalue weighted by molar-refractivity contribution is 7.51. The van der Waals surface area contributed by atoms with Gasteiger partial charge in [-0.15, -0.1) is 0 Å². The zero-order valence-corrected chi connectivity index (χ0v) is 10.9. The van der Waals surface area contributed by atoms with E-state index in [1.165, 1.54) is 32.1 Å². The summed E-state index contributed by atoms with van der Waals surface area (Å²) in [6.07, 6.45) is 6.48. The largest absolute Gasteiger partial charge is 0.381 e. The topological polar surface area (TPSA) is 92.8 Å². The lowest BCUT2D eigenvalue weighted by Gasteiger charge is -2.15. The lowest BCUT2D eigenvalue weighted by atomic mass is 9.97. The SMILES string of the molecule is CCOCCP(=O)(O)O.NC1CCCCC1. The van der Waals surface area contributed by atoms with Gasteiger partial charge in [0.15, 0.2) is 0 Å². The van der Waals surface area contributed by atoms with E-state index in [0.29, 0.717) is 12.6 Å². The van der Waals surface area contributed by atoms with E-state index in [-0.39, 0.29) is 12.8 Å². The Kier molecular flexibility index (Phi) is 9.18. The Morgan fingerprint density at radius 2 is 1.88 bits per heavy atom. The van der Waals surface area contributed by atoms with Crippen LogP contribution >= 0.6 is 7.60 Å². The molecule has 0 radical (unpaired) electrons. The normalized spacial score (nSPS) is 17.8. The van der Waals surface area contributed by atoms with Gasteiger partial charge < -0.3 is 20.3 Å². The maximum absolute atomic E-state index is 10.1. The van der Waals surface area contributed by atoms with Crippen LogP contribution < -0.4 is 5.73 Å². The molecule has 0 unspecified atom stereocenters. The maximum Gasteiger partial charge on any atom is 0.327 e. The summed E-state index contributed by atoms with van der Waals surface area (Å²) in [5.41, 5.74) is 5.63. The minimum Gasteiger partial charge on any atom is -0.381 e. The van der Waals surface area contributed by atoms with Crippen molar-refractivity contribution in [1.82, 2.24) is 0 Å². The molecule has 1 saturated carbocycles. The molecule has 0 bridgehead atoms. The quantitative estimate of drug-likeness (QED) is 0.521. The van der Waals surface area contributed by atoms with Crippen LogP contribution in [0.25, 0.3) is 0 Å². The average Bonchev–Trinajstić information content (AvgIpc) is 2.18. The van der Waals surface area contributed by atoms with Crippen LogP contribution in [0, 0.1) is 0 Å². The summed E-state index contributed by atoms with van der Waals surface area (Å²) < 4.78 is 14.8. The molecule has 0 spiro atoms. The molecule has 1 aliphatic rings. The van der Waals surface area contributed by atoms with Gasteiger partial charge in [0.2, 0.25) is 0 Å². The number of hydrogen-bond donors (Lipinski definition) is 3. The van der Waals surface area contributed by atoms with E-state index in [2.05, 4.69) is 0 Å². The van der Waals surface area contributed by atoms with Gasteiger partial charge in [-0.2, -0.15) is 0 Å². The van der Waals surface area contributed by atoms with E-state index < -0.39 is 7.60 Å². The Hall–Kier alpha value is 0.0700. The second kappa shape index (κ2) is 9.14. The molecule has 1 fully saturated rings. The second-order valence-electron chi connectivity index (χ2n) is 3.98. The molecule has 0 amide bonds. The Balaban J connectivity index is 0.000000288. The standard InChI is InChI=1S/C6H13N.C4H11O4P/c7-6-4-2-1-3-5-6;1-2-8-3-4-9(5,6)7/h6H,1-5,7H2;2-4H2,1H3,(H2,5,6,7). The molecule has 4 N–H and O–H groups in total. The van der Waals surface area contributed by atoms with Crippen molar-refractivity contribution in [3.05, 3.63) is 0 Å². The van der Waals surface area contributed by atoms with Gasteiger partial charge in [-0.05, 0) is 19.8 Å². The van der Waals surface area contributed by atoms with Crippen LogP contribution in [0.2, 0.25) is 0 Å². The molecule has 0 aromatic heterocycles. The van der Waals surface area contributed by atoms with Crippen LogP contribution in [-0.2, 0) is 9.30 Å². The third-order valence-corrected chi connectivity index (χ3v) is 3.15. The molecule has 16 heavy (non-hydrogen) atoms. The Morgan fingerprint density at radius 3 is 2.19 bits per heavy atom. The second-order valence-corrected chi connectivity index (χ2v) is 5.76. The molecular formula is C10H24NO4P. The number of hydrogen-bond acceptors (Lipinski definition) is 3. The van der Waals surface area contributed by atoms with E-state index >= 15 is 0 Å². The summed E-state index contributed by atoms with van der Waals surface area (Å²) in [4.78, 5) is 16.6. The van der Waals surface area contributed by atoms with Crippen LogP contribution in [-0.4, -0.2) is 35.2 Å².